The fourth-order valence-corrected chi connectivity index (χ4v) is 2.34. The Morgan fingerprint density at radius 2 is 1.45 bits per heavy atom. The fourth-order valence-electron chi connectivity index (χ4n) is 2.34. The second-order valence-corrected chi connectivity index (χ2v) is 6.18. The highest BCUT2D eigenvalue weighted by Gasteiger charge is 2.81. The number of benzene rings is 1. The molecule has 0 radical (unpaired) electrons. The van der Waals surface area contributed by atoms with Gasteiger partial charge < -0.3 is 9.47 Å². The predicted molar refractivity (Wildman–Crippen MR) is 87.3 cm³/mol. The molecule has 0 fully saturated rings. The van der Waals surface area contributed by atoms with Crippen LogP contribution in [0.25, 0.3) is 6.08 Å². The molecule has 0 amide bonds. The minimum atomic E-state index is -6.88. The Morgan fingerprint density at radius 1 is 0.862 bits per heavy atom. The molecule has 29 heavy (non-hydrogen) atoms. The third-order valence-electron chi connectivity index (χ3n) is 3.95. The maximum atomic E-state index is 13.7. The summed E-state index contributed by atoms with van der Waals surface area (Å²) < 4.78 is 126. The van der Waals surface area contributed by atoms with E-state index in [1.165, 1.54) is 25.3 Å². The second-order valence-electron chi connectivity index (χ2n) is 6.18. The third-order valence-corrected chi connectivity index (χ3v) is 3.95. The minimum Gasteiger partial charge on any atom is -0.382 e. The van der Waals surface area contributed by atoms with E-state index in [0.717, 1.165) is 0 Å². The SMILES string of the molecule is C=Cc1cc(CCC(F)(F)C(F)(F)C(F)(F)C(F)(F)F)cc(COCCOC)c1. The van der Waals surface area contributed by atoms with Crippen molar-refractivity contribution in [1.29, 1.82) is 0 Å². The van der Waals surface area contributed by atoms with Gasteiger partial charge in [-0.2, -0.15) is 39.5 Å². The number of rotatable bonds is 11. The molecule has 0 saturated carbocycles. The second kappa shape index (κ2) is 9.38. The monoisotopic (exact) mass is 438 g/mol. The van der Waals surface area contributed by atoms with Gasteiger partial charge in [-0.1, -0.05) is 24.8 Å². The first kappa shape index (κ1) is 25.3. The van der Waals surface area contributed by atoms with Crippen molar-refractivity contribution in [2.24, 2.45) is 0 Å². The Morgan fingerprint density at radius 3 is 1.97 bits per heavy atom. The van der Waals surface area contributed by atoms with E-state index in [2.05, 4.69) is 6.58 Å². The largest absolute Gasteiger partial charge is 0.460 e. The van der Waals surface area contributed by atoms with Crippen molar-refractivity contribution in [3.63, 3.8) is 0 Å². The van der Waals surface area contributed by atoms with Gasteiger partial charge in [-0.25, -0.2) is 0 Å². The number of aryl methyl sites for hydroxylation is 1. The van der Waals surface area contributed by atoms with E-state index in [-0.39, 0.29) is 25.4 Å². The molecule has 2 nitrogen and oxygen atoms in total. The van der Waals surface area contributed by atoms with Crippen molar-refractivity contribution in [1.82, 2.24) is 0 Å². The lowest BCUT2D eigenvalue weighted by Crippen LogP contribution is -2.60. The van der Waals surface area contributed by atoms with Crippen molar-refractivity contribution in [2.45, 2.75) is 43.4 Å². The van der Waals surface area contributed by atoms with Crippen LogP contribution in [0.4, 0.5) is 39.5 Å². The summed E-state index contributed by atoms with van der Waals surface area (Å²) in [6.45, 7) is 3.98. The van der Waals surface area contributed by atoms with Crippen LogP contribution in [0.1, 0.15) is 23.1 Å². The van der Waals surface area contributed by atoms with E-state index in [1.807, 2.05) is 0 Å². The average Bonchev–Trinajstić information content (AvgIpc) is 2.62. The molecule has 1 aromatic rings. The molecule has 1 rings (SSSR count). The molecule has 166 valence electrons. The highest BCUT2D eigenvalue weighted by atomic mass is 19.4. The summed E-state index contributed by atoms with van der Waals surface area (Å²) in [7, 11) is 1.44. The predicted octanol–water partition coefficient (Wildman–Crippen LogP) is 5.89. The van der Waals surface area contributed by atoms with E-state index < -0.39 is 36.8 Å². The van der Waals surface area contributed by atoms with E-state index in [0.29, 0.717) is 11.1 Å². The summed E-state index contributed by atoms with van der Waals surface area (Å²) in [5, 5.41) is 0. The molecule has 11 heteroatoms. The van der Waals surface area contributed by atoms with Crippen molar-refractivity contribution < 1.29 is 49.0 Å². The lowest BCUT2D eigenvalue weighted by Gasteiger charge is -2.33. The van der Waals surface area contributed by atoms with Crippen LogP contribution in [0, 0.1) is 0 Å². The maximum Gasteiger partial charge on any atom is 0.460 e. The Bertz CT molecular complexity index is 684. The van der Waals surface area contributed by atoms with Gasteiger partial charge >= 0.3 is 23.9 Å². The number of methoxy groups -OCH3 is 1. The number of hydrogen-bond donors (Lipinski definition) is 0. The van der Waals surface area contributed by atoms with Crippen LogP contribution in [0.15, 0.2) is 24.8 Å². The first-order chi connectivity index (χ1) is 13.2. The van der Waals surface area contributed by atoms with Crippen LogP contribution in [-0.4, -0.2) is 44.3 Å². The number of ether oxygens (including phenoxy) is 2. The first-order valence-corrected chi connectivity index (χ1v) is 8.21. The van der Waals surface area contributed by atoms with Gasteiger partial charge in [0.25, 0.3) is 0 Å². The molecule has 0 aromatic heterocycles. The summed E-state index contributed by atoms with van der Waals surface area (Å²) in [6.07, 6.45) is -8.29. The molecule has 0 aliphatic carbocycles. The maximum absolute atomic E-state index is 13.7. The summed E-state index contributed by atoms with van der Waals surface area (Å²) in [5.74, 6) is -19.1. The van der Waals surface area contributed by atoms with Crippen LogP contribution >= 0.6 is 0 Å². The van der Waals surface area contributed by atoms with Crippen LogP contribution < -0.4 is 0 Å². The van der Waals surface area contributed by atoms with Crippen LogP contribution in [0.5, 0.6) is 0 Å². The molecular formula is C18H19F9O2. The number of halogens is 9. The smallest absolute Gasteiger partial charge is 0.382 e. The van der Waals surface area contributed by atoms with E-state index in [4.69, 9.17) is 9.47 Å². The Kier molecular flexibility index (Phi) is 8.18. The minimum absolute atomic E-state index is 0.0107. The Balaban J connectivity index is 2.98. The molecule has 0 atom stereocenters. The molecule has 0 unspecified atom stereocenters. The highest BCUT2D eigenvalue weighted by molar-refractivity contribution is 5.50. The van der Waals surface area contributed by atoms with Gasteiger partial charge in [0.15, 0.2) is 0 Å². The van der Waals surface area contributed by atoms with Gasteiger partial charge in [0.1, 0.15) is 0 Å². The molecule has 0 saturated heterocycles. The van der Waals surface area contributed by atoms with Gasteiger partial charge in [-0.15, -0.1) is 0 Å². The molecule has 0 N–H and O–H groups in total. The highest BCUT2D eigenvalue weighted by Crippen LogP contribution is 2.54. The van der Waals surface area contributed by atoms with Crippen LogP contribution in [0.2, 0.25) is 0 Å². The molecule has 0 aliphatic heterocycles. The summed E-state index contributed by atoms with van der Waals surface area (Å²) in [6, 6.07) is 4.14. The van der Waals surface area contributed by atoms with E-state index >= 15 is 0 Å². The summed E-state index contributed by atoms with van der Waals surface area (Å²) in [4.78, 5) is 0. The van der Waals surface area contributed by atoms with Crippen molar-refractivity contribution in [3.05, 3.63) is 41.5 Å². The van der Waals surface area contributed by atoms with Gasteiger partial charge in [-0.05, 0) is 29.2 Å². The van der Waals surface area contributed by atoms with Crippen molar-refractivity contribution in [3.8, 4) is 0 Å². The Hall–Kier alpha value is -1.75. The quantitative estimate of drug-likeness (QED) is 0.317. The van der Waals surface area contributed by atoms with Gasteiger partial charge in [-0.3, -0.25) is 0 Å². The van der Waals surface area contributed by atoms with Crippen LogP contribution in [0.3, 0.4) is 0 Å². The zero-order valence-corrected chi connectivity index (χ0v) is 15.3. The Labute approximate surface area is 161 Å². The zero-order chi connectivity index (χ0) is 22.5. The molecule has 0 bridgehead atoms. The normalized spacial score (nSPS) is 13.6. The van der Waals surface area contributed by atoms with Gasteiger partial charge in [0, 0.05) is 13.5 Å². The van der Waals surface area contributed by atoms with Crippen LogP contribution in [-0.2, 0) is 22.5 Å². The first-order valence-electron chi connectivity index (χ1n) is 8.21. The molecular weight excluding hydrogens is 419 g/mol. The zero-order valence-electron chi connectivity index (χ0n) is 15.3. The molecule has 1 aromatic carbocycles. The topological polar surface area (TPSA) is 18.5 Å². The van der Waals surface area contributed by atoms with Gasteiger partial charge in [0.2, 0.25) is 0 Å². The van der Waals surface area contributed by atoms with E-state index in [1.54, 1.807) is 6.07 Å². The standard InChI is InChI=1S/C18H19F9O2/c1-3-12-8-13(10-14(9-12)11-29-7-6-28-2)4-5-15(19,20)16(21,22)17(23,24)18(25,26)27/h3,8-10H,1,4-7,11H2,2H3. The molecule has 0 heterocycles. The lowest BCUT2D eigenvalue weighted by atomic mass is 9.95. The average molecular weight is 438 g/mol. The van der Waals surface area contributed by atoms with Crippen molar-refractivity contribution in [2.75, 3.05) is 20.3 Å². The van der Waals surface area contributed by atoms with E-state index in [9.17, 15) is 39.5 Å². The number of alkyl halides is 9. The summed E-state index contributed by atoms with van der Waals surface area (Å²) >= 11 is 0. The fraction of sp³-hybridized carbons (Fsp3) is 0.556. The third kappa shape index (κ3) is 5.88. The van der Waals surface area contributed by atoms with Crippen molar-refractivity contribution >= 4 is 6.08 Å². The number of hydrogen-bond acceptors (Lipinski definition) is 2. The molecule has 0 spiro atoms. The molecule has 0 aliphatic rings. The van der Waals surface area contributed by atoms with Gasteiger partial charge in [0.05, 0.1) is 19.8 Å². The summed E-state index contributed by atoms with van der Waals surface area (Å²) in [5.41, 5.74) is 0.881. The lowest BCUT2D eigenvalue weighted by molar-refractivity contribution is -0.396.